The summed E-state index contributed by atoms with van der Waals surface area (Å²) in [4.78, 5) is 3.61. The first kappa shape index (κ1) is 16.6. The van der Waals surface area contributed by atoms with Crippen molar-refractivity contribution in [3.8, 4) is 0 Å². The summed E-state index contributed by atoms with van der Waals surface area (Å²) < 4.78 is 0. The molecule has 3 aliphatic rings. The molecule has 0 radical (unpaired) electrons. The Labute approximate surface area is 145 Å². The number of nitrogens with zero attached hydrogens (tertiary/aromatic N) is 1. The van der Waals surface area contributed by atoms with Crippen LogP contribution in [-0.4, -0.2) is 21.8 Å². The van der Waals surface area contributed by atoms with Crippen molar-refractivity contribution < 1.29 is 0 Å². The van der Waals surface area contributed by atoms with E-state index >= 15 is 0 Å². The first-order chi connectivity index (χ1) is 10.6. The lowest BCUT2D eigenvalue weighted by molar-refractivity contribution is 0.112. The van der Waals surface area contributed by atoms with Crippen LogP contribution in [0.2, 0.25) is 0 Å². The van der Waals surface area contributed by atoms with Crippen molar-refractivity contribution in [3.63, 3.8) is 0 Å². The molecule has 124 valence electrons. The van der Waals surface area contributed by atoms with Gasteiger partial charge in [-0.15, -0.1) is 0 Å². The number of halogens is 1. The lowest BCUT2D eigenvalue weighted by Gasteiger charge is -2.46. The van der Waals surface area contributed by atoms with E-state index in [4.69, 9.17) is 0 Å². The van der Waals surface area contributed by atoms with Crippen molar-refractivity contribution in [3.05, 3.63) is 23.9 Å². The Kier molecular flexibility index (Phi) is 5.70. The van der Waals surface area contributed by atoms with Crippen LogP contribution >= 0.6 is 15.9 Å². The van der Waals surface area contributed by atoms with Crippen LogP contribution in [0, 0.1) is 11.8 Å². The van der Waals surface area contributed by atoms with E-state index in [2.05, 4.69) is 52.9 Å². The molecule has 2 fully saturated rings. The molecule has 2 heteroatoms. The average Bonchev–Trinajstić information content (AvgIpc) is 2.53. The van der Waals surface area contributed by atoms with Gasteiger partial charge >= 0.3 is 0 Å². The fourth-order valence-corrected chi connectivity index (χ4v) is 4.99. The van der Waals surface area contributed by atoms with Crippen LogP contribution in [0.3, 0.4) is 0 Å². The van der Waals surface area contributed by atoms with Gasteiger partial charge in [0, 0.05) is 22.6 Å². The third-order valence-electron chi connectivity index (χ3n) is 5.99. The Bertz CT molecular complexity index is 389. The van der Waals surface area contributed by atoms with Gasteiger partial charge in [0.1, 0.15) is 0 Å². The van der Waals surface area contributed by atoms with Crippen LogP contribution < -0.4 is 0 Å². The number of hydrogen-bond donors (Lipinski definition) is 0. The van der Waals surface area contributed by atoms with Crippen LogP contribution in [0.15, 0.2) is 23.9 Å². The highest BCUT2D eigenvalue weighted by molar-refractivity contribution is 9.09. The minimum Gasteiger partial charge on any atom is -0.366 e. The molecule has 3 aliphatic carbocycles. The van der Waals surface area contributed by atoms with Gasteiger partial charge in [-0.25, -0.2) is 0 Å². The third kappa shape index (κ3) is 3.99. The van der Waals surface area contributed by atoms with Crippen LogP contribution in [0.1, 0.15) is 71.6 Å². The standard InChI is InChI=1S/C20H32BrN/c1-15-3-9-18(10-4-15)22(19-11-5-16(2)6-12-19)20-13-7-17(21)8-14-20/h3,9-10,15-17,19-20H,4-8,11-14H2,1-2H3. The van der Waals surface area contributed by atoms with Gasteiger partial charge < -0.3 is 4.90 Å². The highest BCUT2D eigenvalue weighted by Crippen LogP contribution is 2.37. The molecule has 0 aromatic carbocycles. The fraction of sp³-hybridized carbons (Fsp3) is 0.800. The molecule has 0 saturated heterocycles. The zero-order chi connectivity index (χ0) is 15.5. The van der Waals surface area contributed by atoms with Crippen molar-refractivity contribution in [1.29, 1.82) is 0 Å². The first-order valence-electron chi connectivity index (χ1n) is 9.44. The summed E-state index contributed by atoms with van der Waals surface area (Å²) in [6.45, 7) is 4.75. The van der Waals surface area contributed by atoms with E-state index in [1.165, 1.54) is 63.5 Å². The zero-order valence-electron chi connectivity index (χ0n) is 14.3. The molecule has 3 rings (SSSR count). The number of hydrogen-bond acceptors (Lipinski definition) is 1. The normalized spacial score (nSPS) is 39.4. The highest BCUT2D eigenvalue weighted by Gasteiger charge is 2.32. The Hall–Kier alpha value is -0.240. The Balaban J connectivity index is 1.75. The summed E-state index contributed by atoms with van der Waals surface area (Å²) in [5, 5.41) is 0. The lowest BCUT2D eigenvalue weighted by Crippen LogP contribution is -2.45. The van der Waals surface area contributed by atoms with Gasteiger partial charge in [-0.3, -0.25) is 0 Å². The van der Waals surface area contributed by atoms with E-state index in [0.29, 0.717) is 0 Å². The summed E-state index contributed by atoms with van der Waals surface area (Å²) in [6, 6.07) is 1.56. The Morgan fingerprint density at radius 2 is 1.50 bits per heavy atom. The average molecular weight is 366 g/mol. The van der Waals surface area contributed by atoms with Gasteiger partial charge in [0.25, 0.3) is 0 Å². The molecule has 1 nitrogen and oxygen atoms in total. The number of allylic oxidation sites excluding steroid dienone is 3. The van der Waals surface area contributed by atoms with Crippen molar-refractivity contribution in [2.24, 2.45) is 11.8 Å². The second-order valence-corrected chi connectivity index (χ2v) is 9.22. The van der Waals surface area contributed by atoms with Crippen LogP contribution in [0.5, 0.6) is 0 Å². The molecule has 0 heterocycles. The van der Waals surface area contributed by atoms with E-state index in [0.717, 1.165) is 28.7 Å². The molecule has 2 saturated carbocycles. The van der Waals surface area contributed by atoms with E-state index in [1.807, 2.05) is 0 Å². The van der Waals surface area contributed by atoms with Gasteiger partial charge in [-0.05, 0) is 75.7 Å². The maximum Gasteiger partial charge on any atom is 0.0327 e. The van der Waals surface area contributed by atoms with Crippen LogP contribution in [0.25, 0.3) is 0 Å². The summed E-state index contributed by atoms with van der Waals surface area (Å²) in [6.07, 6.45) is 19.6. The smallest absolute Gasteiger partial charge is 0.0327 e. The third-order valence-corrected chi connectivity index (χ3v) is 6.91. The molecule has 0 spiro atoms. The van der Waals surface area contributed by atoms with Gasteiger partial charge in [0.2, 0.25) is 0 Å². The second-order valence-electron chi connectivity index (χ2n) is 7.93. The molecule has 1 unspecified atom stereocenters. The van der Waals surface area contributed by atoms with Crippen LogP contribution in [0.4, 0.5) is 0 Å². The predicted molar refractivity (Wildman–Crippen MR) is 99.2 cm³/mol. The topological polar surface area (TPSA) is 3.24 Å². The molecule has 0 aromatic rings. The van der Waals surface area contributed by atoms with Crippen LogP contribution in [-0.2, 0) is 0 Å². The lowest BCUT2D eigenvalue weighted by atomic mass is 9.83. The second kappa shape index (κ2) is 7.55. The van der Waals surface area contributed by atoms with Crippen molar-refractivity contribution in [2.75, 3.05) is 0 Å². The van der Waals surface area contributed by atoms with E-state index in [9.17, 15) is 0 Å². The molecule has 0 amide bonds. The predicted octanol–water partition coefficient (Wildman–Crippen LogP) is 6.05. The number of alkyl halides is 1. The maximum atomic E-state index is 3.83. The zero-order valence-corrected chi connectivity index (χ0v) is 15.9. The largest absolute Gasteiger partial charge is 0.366 e. The van der Waals surface area contributed by atoms with E-state index in [1.54, 1.807) is 0 Å². The quantitative estimate of drug-likeness (QED) is 0.549. The molecule has 22 heavy (non-hydrogen) atoms. The van der Waals surface area contributed by atoms with Gasteiger partial charge in [-0.1, -0.05) is 41.9 Å². The maximum absolute atomic E-state index is 3.83. The van der Waals surface area contributed by atoms with Crippen molar-refractivity contribution >= 4 is 15.9 Å². The van der Waals surface area contributed by atoms with Gasteiger partial charge in [0.05, 0.1) is 0 Å². The molecular formula is C20H32BrN. The molecular weight excluding hydrogens is 334 g/mol. The molecule has 0 N–H and O–H groups in total. The molecule has 0 aliphatic heterocycles. The highest BCUT2D eigenvalue weighted by atomic mass is 79.9. The Morgan fingerprint density at radius 3 is 2.05 bits per heavy atom. The number of rotatable bonds is 3. The SMILES string of the molecule is CC1C=CC(N(C2CCC(C)CC2)C2CCC(Br)CC2)=CC1. The van der Waals surface area contributed by atoms with Crippen molar-refractivity contribution in [2.45, 2.75) is 88.5 Å². The summed E-state index contributed by atoms with van der Waals surface area (Å²) >= 11 is 3.83. The van der Waals surface area contributed by atoms with E-state index < -0.39 is 0 Å². The minimum absolute atomic E-state index is 0.718. The van der Waals surface area contributed by atoms with Crippen molar-refractivity contribution in [1.82, 2.24) is 4.90 Å². The fourth-order valence-electron chi connectivity index (χ4n) is 4.46. The summed E-state index contributed by atoms with van der Waals surface area (Å²) in [5.41, 5.74) is 1.54. The Morgan fingerprint density at radius 1 is 0.909 bits per heavy atom. The van der Waals surface area contributed by atoms with E-state index in [-0.39, 0.29) is 0 Å². The van der Waals surface area contributed by atoms with Gasteiger partial charge in [0.15, 0.2) is 0 Å². The molecule has 0 aromatic heterocycles. The molecule has 0 bridgehead atoms. The van der Waals surface area contributed by atoms with Gasteiger partial charge in [-0.2, -0.15) is 0 Å². The first-order valence-corrected chi connectivity index (χ1v) is 10.4. The summed E-state index contributed by atoms with van der Waals surface area (Å²) in [7, 11) is 0. The molecule has 1 atom stereocenters. The minimum atomic E-state index is 0.718. The monoisotopic (exact) mass is 365 g/mol. The summed E-state index contributed by atoms with van der Waals surface area (Å²) in [5.74, 6) is 1.66.